The van der Waals surface area contributed by atoms with Gasteiger partial charge in [0.25, 0.3) is 0 Å². The number of thioether (sulfide) groups is 1. The summed E-state index contributed by atoms with van der Waals surface area (Å²) in [4.78, 5) is 29.2. The summed E-state index contributed by atoms with van der Waals surface area (Å²) in [5, 5.41) is 2.14. The zero-order chi connectivity index (χ0) is 39.1. The molecule has 0 saturated carbocycles. The number of halogens is 8. The van der Waals surface area contributed by atoms with Crippen LogP contribution in [0.5, 0.6) is 5.75 Å². The number of carbonyl (C=O) groups excluding carboxylic acids is 3. The van der Waals surface area contributed by atoms with Gasteiger partial charge in [-0.15, -0.1) is 12.1 Å². The molecule has 0 aliphatic heterocycles. The Balaban J connectivity index is -0.000000197. The fourth-order valence-corrected chi connectivity index (χ4v) is 3.94. The molecule has 4 aromatic carbocycles. The van der Waals surface area contributed by atoms with Crippen LogP contribution in [-0.4, -0.2) is 44.1 Å². The molecule has 4 rings (SSSR count). The Kier molecular flexibility index (Phi) is 39.7. The van der Waals surface area contributed by atoms with E-state index in [0.29, 0.717) is 23.4 Å². The zero-order valence-electron chi connectivity index (χ0n) is 29.2. The van der Waals surface area contributed by atoms with Crippen molar-refractivity contribution in [3.05, 3.63) is 140 Å². The minimum Gasteiger partial charge on any atom is -0.523 e. The minimum atomic E-state index is -5.58. The second kappa shape index (κ2) is 34.3. The van der Waals surface area contributed by atoms with Gasteiger partial charge >= 0.3 is 143 Å². The zero-order valence-corrected chi connectivity index (χ0v) is 46.7. The summed E-state index contributed by atoms with van der Waals surface area (Å²) in [6.07, 6.45) is -2.30. The monoisotopic (exact) mass is 1690 g/mol. The van der Waals surface area contributed by atoms with E-state index in [1.54, 1.807) is 44.6 Å². The molecule has 0 spiro atoms. The number of hydrogen-bond donors (Lipinski definition) is 0. The van der Waals surface area contributed by atoms with Crippen molar-refractivity contribution in [2.75, 3.05) is 12.9 Å². The van der Waals surface area contributed by atoms with Crippen LogP contribution in [0, 0.1) is 156 Å². The molecule has 0 aromatic heterocycles. The van der Waals surface area contributed by atoms with Crippen LogP contribution >= 0.6 is 11.8 Å². The van der Waals surface area contributed by atoms with Crippen LogP contribution in [0.3, 0.4) is 0 Å². The van der Waals surface area contributed by atoms with Gasteiger partial charge < -0.3 is 39.4 Å². The topological polar surface area (TPSA) is 60.4 Å². The molecule has 0 bridgehead atoms. The molecule has 4 nitrogen and oxygen atoms in total. The van der Waals surface area contributed by atoms with E-state index < -0.39 is 29.4 Å². The Bertz CT molecular complexity index is 1700. The molecular formula is C38H30F8O4SU4. The van der Waals surface area contributed by atoms with Crippen molar-refractivity contribution < 1.29 is 179 Å². The molecule has 55 heavy (non-hydrogen) atoms. The third kappa shape index (κ3) is 25.5. The third-order valence-corrected chi connectivity index (χ3v) is 6.35. The average molecular weight is 1690 g/mol. The quantitative estimate of drug-likeness (QED) is 0.0762. The molecule has 17 heteroatoms. The fourth-order valence-electron chi connectivity index (χ4n) is 3.15. The Morgan fingerprint density at radius 2 is 1.49 bits per heavy atom. The molecule has 0 unspecified atom stereocenters. The second-order valence-corrected chi connectivity index (χ2v) is 10.4. The van der Waals surface area contributed by atoms with E-state index in [1.807, 2.05) is 42.7 Å². The van der Waals surface area contributed by atoms with E-state index in [-0.39, 0.29) is 129 Å². The first-order valence-electron chi connectivity index (χ1n) is 14.2. The molecule has 0 atom stereocenters. The van der Waals surface area contributed by atoms with Crippen LogP contribution < -0.4 is 4.74 Å². The van der Waals surface area contributed by atoms with Crippen LogP contribution in [0.1, 0.15) is 30.0 Å². The smallest absolute Gasteiger partial charge is 0.523 e. The maximum Gasteiger partial charge on any atom is 2.00 e. The normalized spacial score (nSPS) is 10.0. The van der Waals surface area contributed by atoms with E-state index in [9.17, 15) is 49.5 Å². The van der Waals surface area contributed by atoms with Crippen LogP contribution in [0.15, 0.2) is 95.9 Å². The van der Waals surface area contributed by atoms with E-state index >= 15 is 0 Å². The SMILES string of the molecule is C=C([C-]=O)C(F)(F)F.CCSc1[c-]cccc1C(F)(F)C(F)(F)F.COc1[c-]ccc(/C=C/[C-]=O)c1.O=[C-]c1ccc2c[c-]ccc2c1.[CH2-]C[CH2-].[U+2].[U+2].[U+2].[U+2]. The van der Waals surface area contributed by atoms with Gasteiger partial charge in [-0.2, -0.15) is 139 Å². The van der Waals surface area contributed by atoms with Crippen molar-refractivity contribution in [2.24, 2.45) is 0 Å². The second-order valence-electron chi connectivity index (χ2n) is 9.08. The van der Waals surface area contributed by atoms with Gasteiger partial charge in [0.15, 0.2) is 0 Å². The Morgan fingerprint density at radius 3 is 1.96 bits per heavy atom. The number of rotatable bonds is 8. The Labute approximate surface area is 415 Å². The number of allylic oxidation sites excluding steroid dienone is 2. The summed E-state index contributed by atoms with van der Waals surface area (Å²) in [5.74, 6) is -3.77. The number of ether oxygens (including phenoxy) is 1. The standard InChI is InChI=1S/C11H6O.C10H8F5S.C10H8O2.C4H2F3O.C3H6.4U/c12-8-9-5-6-10-3-1-2-4-11(10)7-9;1-2-16-8-6-4-3-5-7(8)9(11,12)10(13,14)15;1-12-10-6-2-4-9(8-10)5-3-7-11;1-3(2-8)4(5,6)7;1-3-2;;;;/h2-7H;3-5H,2H2,1H3;2-5,8H,1H3;1H2;1-3H2;;;;/q-2;-1;-2;-1;-2;4*+2/b;;5-3+;;;;;;. The molecule has 0 N–H and O–H groups in total. The average Bonchev–Trinajstić information content (AvgIpc) is 3.11. The first kappa shape index (κ1) is 63.6. The summed E-state index contributed by atoms with van der Waals surface area (Å²) >= 11 is 0.909. The largest absolute Gasteiger partial charge is 2.00 e. The predicted octanol–water partition coefficient (Wildman–Crippen LogP) is 10.2. The van der Waals surface area contributed by atoms with Gasteiger partial charge in [0.05, 0.1) is 13.4 Å². The number of hydrogen-bond acceptors (Lipinski definition) is 5. The minimum absolute atomic E-state index is 0. The maximum absolute atomic E-state index is 13.1. The fraction of sp³-hybridized carbons (Fsp3) is 0.184. The van der Waals surface area contributed by atoms with E-state index in [0.717, 1.165) is 46.7 Å². The summed E-state index contributed by atoms with van der Waals surface area (Å²) in [6.45, 7) is 10.8. The number of benzene rings is 4. The molecule has 0 radical (unpaired) electrons. The molecule has 0 aliphatic carbocycles. The van der Waals surface area contributed by atoms with Crippen molar-refractivity contribution in [3.63, 3.8) is 0 Å². The molecule has 0 fully saturated rings. The summed E-state index contributed by atoms with van der Waals surface area (Å²) in [6, 6.07) is 27.9. The summed E-state index contributed by atoms with van der Waals surface area (Å²) in [7, 11) is 1.57. The van der Waals surface area contributed by atoms with Gasteiger partial charge in [0, 0.05) is 5.75 Å². The van der Waals surface area contributed by atoms with E-state index in [4.69, 9.17) is 4.74 Å². The third-order valence-electron chi connectivity index (χ3n) is 5.43. The van der Waals surface area contributed by atoms with Crippen LogP contribution in [0.25, 0.3) is 16.8 Å². The molecule has 4 aromatic rings. The van der Waals surface area contributed by atoms with Crippen LogP contribution in [0.2, 0.25) is 0 Å². The van der Waals surface area contributed by atoms with Gasteiger partial charge in [-0.1, -0.05) is 23.0 Å². The van der Waals surface area contributed by atoms with Crippen molar-refractivity contribution in [1.29, 1.82) is 0 Å². The molecule has 0 aliphatic rings. The van der Waals surface area contributed by atoms with Gasteiger partial charge in [0.1, 0.15) is 0 Å². The van der Waals surface area contributed by atoms with Crippen LogP contribution in [-0.2, 0) is 20.3 Å². The predicted molar refractivity (Wildman–Crippen MR) is 182 cm³/mol. The molecule has 0 heterocycles. The number of alkyl halides is 8. The van der Waals surface area contributed by atoms with E-state index in [1.165, 1.54) is 12.1 Å². The Morgan fingerprint density at radius 1 is 0.873 bits per heavy atom. The van der Waals surface area contributed by atoms with Crippen molar-refractivity contribution in [3.8, 4) is 5.75 Å². The van der Waals surface area contributed by atoms with E-state index in [2.05, 4.69) is 38.6 Å². The Hall–Kier alpha value is -0.572. The molecule has 284 valence electrons. The van der Waals surface area contributed by atoms with Crippen molar-refractivity contribution >= 4 is 47.5 Å². The first-order chi connectivity index (χ1) is 24.0. The van der Waals surface area contributed by atoms with Gasteiger partial charge in [-0.3, -0.25) is 0 Å². The number of fused-ring (bicyclic) bond motifs is 1. The molecular weight excluding hydrogens is 1660 g/mol. The van der Waals surface area contributed by atoms with Gasteiger partial charge in [-0.25, -0.2) is 27.0 Å². The van der Waals surface area contributed by atoms with Gasteiger partial charge in [-0.05, 0) is 18.3 Å². The van der Waals surface area contributed by atoms with Crippen molar-refractivity contribution in [2.45, 2.75) is 36.5 Å². The summed E-state index contributed by atoms with van der Waals surface area (Å²) < 4.78 is 101. The maximum atomic E-state index is 13.1. The van der Waals surface area contributed by atoms with Crippen LogP contribution in [0.4, 0.5) is 35.1 Å². The van der Waals surface area contributed by atoms with Crippen molar-refractivity contribution in [1.82, 2.24) is 0 Å². The van der Waals surface area contributed by atoms with Gasteiger partial charge in [0.2, 0.25) is 0 Å². The number of methoxy groups -OCH3 is 1. The summed E-state index contributed by atoms with van der Waals surface area (Å²) in [5.41, 5.74) is -1.02. The first-order valence-corrected chi connectivity index (χ1v) is 15.1. The molecule has 0 amide bonds. The molecule has 0 saturated heterocycles.